The topological polar surface area (TPSA) is 104 Å². The van der Waals surface area contributed by atoms with Crippen LogP contribution in [0.2, 0.25) is 0 Å². The second-order valence-electron chi connectivity index (χ2n) is 7.43. The van der Waals surface area contributed by atoms with E-state index in [1.165, 1.54) is 0 Å². The van der Waals surface area contributed by atoms with Crippen molar-refractivity contribution in [2.24, 2.45) is 4.99 Å². The van der Waals surface area contributed by atoms with Gasteiger partial charge in [0.25, 0.3) is 0 Å². The fourth-order valence-electron chi connectivity index (χ4n) is 3.32. The molecule has 9 heteroatoms. The highest BCUT2D eigenvalue weighted by Gasteiger charge is 2.43. The molecule has 0 aliphatic carbocycles. The van der Waals surface area contributed by atoms with Crippen LogP contribution in [0.3, 0.4) is 0 Å². The number of hydrogen-bond donors (Lipinski definition) is 1. The van der Waals surface area contributed by atoms with E-state index < -0.39 is 18.1 Å². The fourth-order valence-corrected chi connectivity index (χ4v) is 3.32. The third kappa shape index (κ3) is 4.81. The summed E-state index contributed by atoms with van der Waals surface area (Å²) in [6, 6.07) is 11.2. The lowest BCUT2D eigenvalue weighted by atomic mass is 10.2. The van der Waals surface area contributed by atoms with E-state index in [0.717, 1.165) is 5.56 Å². The van der Waals surface area contributed by atoms with Crippen LogP contribution in [0.4, 0.5) is 4.79 Å². The lowest BCUT2D eigenvalue weighted by Gasteiger charge is -2.28. The average Bonchev–Trinajstić information content (AvgIpc) is 2.96. The van der Waals surface area contributed by atoms with E-state index >= 15 is 0 Å². The van der Waals surface area contributed by atoms with Gasteiger partial charge < -0.3 is 24.1 Å². The van der Waals surface area contributed by atoms with Crippen molar-refractivity contribution in [2.45, 2.75) is 51.1 Å². The van der Waals surface area contributed by atoms with Crippen LogP contribution in [0.5, 0.6) is 6.01 Å². The van der Waals surface area contributed by atoms with Crippen LogP contribution in [0.25, 0.3) is 0 Å². The van der Waals surface area contributed by atoms with E-state index in [-0.39, 0.29) is 36.9 Å². The Labute approximate surface area is 167 Å². The van der Waals surface area contributed by atoms with Gasteiger partial charge in [0.15, 0.2) is 17.5 Å². The number of carbonyl (C=O) groups excluding carboxylic acids is 1. The molecule has 1 amide bonds. The Balaban J connectivity index is 1.50. The Kier molecular flexibility index (Phi) is 5.35. The number of benzene rings is 1. The van der Waals surface area contributed by atoms with Gasteiger partial charge in [0.05, 0.1) is 6.10 Å². The van der Waals surface area contributed by atoms with Crippen LogP contribution in [-0.2, 0) is 20.8 Å². The summed E-state index contributed by atoms with van der Waals surface area (Å²) in [6.45, 7) is 3.57. The Hall–Kier alpha value is -2.75. The molecular formula is C20H23N3O6. The maximum Gasteiger partial charge on any atom is 0.435 e. The molecule has 29 heavy (non-hydrogen) atoms. The van der Waals surface area contributed by atoms with Gasteiger partial charge in [0.2, 0.25) is 0 Å². The average molecular weight is 401 g/mol. The maximum absolute atomic E-state index is 12.0. The molecule has 2 aliphatic rings. The van der Waals surface area contributed by atoms with Crippen LogP contribution in [0.15, 0.2) is 47.6 Å². The first-order chi connectivity index (χ1) is 13.9. The first kappa shape index (κ1) is 19.6. The summed E-state index contributed by atoms with van der Waals surface area (Å²) in [7, 11) is 0. The third-order valence-corrected chi connectivity index (χ3v) is 4.48. The third-order valence-electron chi connectivity index (χ3n) is 4.48. The van der Waals surface area contributed by atoms with Gasteiger partial charge in [-0.2, -0.15) is 9.98 Å². The highest BCUT2D eigenvalue weighted by atomic mass is 16.7. The molecule has 0 saturated carbocycles. The number of amides is 1. The van der Waals surface area contributed by atoms with E-state index in [0.29, 0.717) is 6.42 Å². The molecule has 4 rings (SSSR count). The molecule has 9 nitrogen and oxygen atoms in total. The lowest BCUT2D eigenvalue weighted by molar-refractivity contribution is -0.222. The zero-order valence-electron chi connectivity index (χ0n) is 16.2. The van der Waals surface area contributed by atoms with Crippen molar-refractivity contribution in [1.82, 2.24) is 9.55 Å². The van der Waals surface area contributed by atoms with Gasteiger partial charge in [-0.05, 0) is 25.5 Å². The predicted molar refractivity (Wildman–Crippen MR) is 99.6 cm³/mol. The minimum Gasteiger partial charge on any atom is -0.462 e. The van der Waals surface area contributed by atoms with Crippen molar-refractivity contribution in [3.05, 3.63) is 53.6 Å². The van der Waals surface area contributed by atoms with Crippen LogP contribution in [-0.4, -0.2) is 45.4 Å². The largest absolute Gasteiger partial charge is 0.462 e. The van der Waals surface area contributed by atoms with E-state index in [4.69, 9.17) is 18.9 Å². The van der Waals surface area contributed by atoms with Crippen molar-refractivity contribution >= 4 is 6.09 Å². The van der Waals surface area contributed by atoms with Gasteiger partial charge in [-0.1, -0.05) is 30.3 Å². The predicted octanol–water partition coefficient (Wildman–Crippen LogP) is 1.91. The first-order valence-corrected chi connectivity index (χ1v) is 9.40. The maximum atomic E-state index is 12.0. The molecule has 1 aromatic heterocycles. The summed E-state index contributed by atoms with van der Waals surface area (Å²) in [5.74, 6) is -1.28. The smallest absolute Gasteiger partial charge is 0.435 e. The van der Waals surface area contributed by atoms with Crippen LogP contribution < -0.4 is 10.2 Å². The van der Waals surface area contributed by atoms with Crippen molar-refractivity contribution in [2.75, 3.05) is 6.61 Å². The van der Waals surface area contributed by atoms with Crippen LogP contribution >= 0.6 is 0 Å². The van der Waals surface area contributed by atoms with E-state index in [1.807, 2.05) is 30.3 Å². The number of carbonyl (C=O) groups is 1. The minimum absolute atomic E-state index is 0.132. The summed E-state index contributed by atoms with van der Waals surface area (Å²) >= 11 is 0. The summed E-state index contributed by atoms with van der Waals surface area (Å²) in [5, 5.41) is 9.99. The van der Waals surface area contributed by atoms with Gasteiger partial charge in [-0.15, -0.1) is 0 Å². The minimum atomic E-state index is -1.28. The van der Waals surface area contributed by atoms with Crippen LogP contribution in [0.1, 0.15) is 32.1 Å². The van der Waals surface area contributed by atoms with Gasteiger partial charge in [0.1, 0.15) is 19.3 Å². The molecule has 2 aromatic rings. The monoisotopic (exact) mass is 401 g/mol. The summed E-state index contributed by atoms with van der Waals surface area (Å²) < 4.78 is 24.2. The van der Waals surface area contributed by atoms with Gasteiger partial charge in [-0.25, -0.2) is 4.79 Å². The highest BCUT2D eigenvalue weighted by molar-refractivity contribution is 5.68. The van der Waals surface area contributed by atoms with E-state index in [1.54, 1.807) is 30.7 Å². The molecule has 1 fully saturated rings. The van der Waals surface area contributed by atoms with Crippen molar-refractivity contribution in [3.63, 3.8) is 0 Å². The van der Waals surface area contributed by atoms with Crippen molar-refractivity contribution in [3.8, 4) is 6.01 Å². The molecule has 0 spiro atoms. The van der Waals surface area contributed by atoms with E-state index in [2.05, 4.69) is 9.98 Å². The molecule has 154 valence electrons. The van der Waals surface area contributed by atoms with Crippen molar-refractivity contribution in [1.29, 1.82) is 0 Å². The van der Waals surface area contributed by atoms with Gasteiger partial charge >= 0.3 is 12.1 Å². The second kappa shape index (κ2) is 7.94. The van der Waals surface area contributed by atoms with Gasteiger partial charge in [0, 0.05) is 12.6 Å². The zero-order valence-corrected chi connectivity index (χ0v) is 16.2. The Bertz CT molecular complexity index is 937. The molecule has 1 N–H and O–H groups in total. The van der Waals surface area contributed by atoms with E-state index in [9.17, 15) is 9.90 Å². The molecule has 1 unspecified atom stereocenters. The van der Waals surface area contributed by atoms with Crippen molar-refractivity contribution < 1.29 is 28.8 Å². The number of aliphatic hydroxyl groups is 1. The highest BCUT2D eigenvalue weighted by Crippen LogP contribution is 2.37. The number of rotatable bonds is 4. The molecule has 0 radical (unpaired) electrons. The fraction of sp³-hybridized carbons (Fsp3) is 0.450. The molecule has 2 bridgehead atoms. The molecule has 2 aliphatic heterocycles. The standard InChI is InChI=1S/C20H23N3O6/c1-20(2,25)29-15-10-14-12-26-18-21-16(8-9-23(18)17(15)28-14)22-19(24)27-11-13-6-4-3-5-7-13/h3-9,14-15,17,25H,10-12H2,1-2H3/t14-,15?,17+/m0/s1. The number of aromatic nitrogens is 2. The first-order valence-electron chi connectivity index (χ1n) is 9.40. The quantitative estimate of drug-likeness (QED) is 0.781. The Morgan fingerprint density at radius 3 is 2.90 bits per heavy atom. The lowest BCUT2D eigenvalue weighted by Crippen LogP contribution is -2.35. The van der Waals surface area contributed by atoms with Crippen LogP contribution in [0, 0.1) is 0 Å². The zero-order chi connectivity index (χ0) is 20.4. The Morgan fingerprint density at radius 1 is 1.34 bits per heavy atom. The molecular weight excluding hydrogens is 378 g/mol. The number of fused-ring (bicyclic) bond motifs is 4. The number of ether oxygens (including phenoxy) is 4. The molecule has 1 aromatic carbocycles. The second-order valence-corrected chi connectivity index (χ2v) is 7.43. The summed E-state index contributed by atoms with van der Waals surface area (Å²) in [5.41, 5.74) is 1.04. The molecule has 1 saturated heterocycles. The molecule has 3 atom stereocenters. The summed E-state index contributed by atoms with van der Waals surface area (Å²) in [4.78, 5) is 20.2. The molecule has 3 heterocycles. The van der Waals surface area contributed by atoms with Gasteiger partial charge in [-0.3, -0.25) is 4.57 Å². The Morgan fingerprint density at radius 2 is 2.14 bits per heavy atom. The SMILES string of the molecule is CC(C)(O)OC1C[C@H]2COc3nc(=NC(=O)OCc4ccccc4)ccn3[C@@H]1O2. The summed E-state index contributed by atoms with van der Waals surface area (Å²) in [6.07, 6.45) is 0.513. The normalized spacial score (nSPS) is 23.8. The number of hydrogen-bond acceptors (Lipinski definition) is 7. The number of nitrogens with zero attached hydrogens (tertiary/aromatic N) is 3.